The molecule has 0 atom stereocenters. The van der Waals surface area contributed by atoms with E-state index in [-0.39, 0.29) is 17.8 Å². The Morgan fingerprint density at radius 3 is 2.48 bits per heavy atom. The molecular weight excluding hydrogens is 327 g/mol. The second kappa shape index (κ2) is 6.58. The quantitative estimate of drug-likeness (QED) is 0.691. The zero-order chi connectivity index (χ0) is 16.3. The highest BCUT2D eigenvalue weighted by atomic mass is 32.2. The van der Waals surface area contributed by atoms with Crippen LogP contribution >= 0.6 is 12.2 Å². The van der Waals surface area contributed by atoms with Gasteiger partial charge in [-0.15, -0.1) is 0 Å². The maximum absolute atomic E-state index is 12.9. The van der Waals surface area contributed by atoms with Crippen LogP contribution in [0.15, 0.2) is 18.2 Å². The van der Waals surface area contributed by atoms with Gasteiger partial charge in [-0.1, -0.05) is 19.1 Å². The Labute approximate surface area is 125 Å². The summed E-state index contributed by atoms with van der Waals surface area (Å²) in [4.78, 5) is -0.416. The predicted molar refractivity (Wildman–Crippen MR) is 78.2 cm³/mol. The first-order valence-electron chi connectivity index (χ1n) is 5.85. The number of rotatable bonds is 6. The average Bonchev–Trinajstić information content (AvgIpc) is 2.34. The van der Waals surface area contributed by atoms with Gasteiger partial charge in [0.2, 0.25) is 0 Å². The SMILES string of the molecule is CCCNS(=O)(=O)Nc1ccc(C(N)=S)c(C(F)(F)F)c1. The third-order valence-electron chi connectivity index (χ3n) is 2.38. The summed E-state index contributed by atoms with van der Waals surface area (Å²) < 4.78 is 66.1. The number of benzene rings is 1. The fraction of sp³-hybridized carbons (Fsp3) is 0.364. The van der Waals surface area contributed by atoms with E-state index < -0.39 is 26.9 Å². The van der Waals surface area contributed by atoms with Gasteiger partial charge in [0, 0.05) is 12.1 Å². The Hall–Kier alpha value is -1.39. The minimum atomic E-state index is -4.70. The van der Waals surface area contributed by atoms with Gasteiger partial charge < -0.3 is 5.73 Å². The first-order valence-corrected chi connectivity index (χ1v) is 7.74. The van der Waals surface area contributed by atoms with Gasteiger partial charge in [-0.3, -0.25) is 4.72 Å². The summed E-state index contributed by atoms with van der Waals surface area (Å²) in [6.07, 6.45) is -4.15. The minimum Gasteiger partial charge on any atom is -0.389 e. The molecule has 0 amide bonds. The second-order valence-electron chi connectivity index (χ2n) is 4.12. The van der Waals surface area contributed by atoms with Crippen LogP contribution in [0.2, 0.25) is 0 Å². The standard InChI is InChI=1S/C11H14F3N3O2S2/c1-2-5-16-21(18,19)17-7-3-4-8(10(15)20)9(6-7)11(12,13)14/h3-4,6,16-17H,2,5H2,1H3,(H2,15,20). The van der Waals surface area contributed by atoms with Crippen LogP contribution in [0.1, 0.15) is 24.5 Å². The van der Waals surface area contributed by atoms with Gasteiger partial charge in [0.1, 0.15) is 4.99 Å². The van der Waals surface area contributed by atoms with Gasteiger partial charge >= 0.3 is 6.18 Å². The summed E-state index contributed by atoms with van der Waals surface area (Å²) in [6.45, 7) is 1.92. The highest BCUT2D eigenvalue weighted by Gasteiger charge is 2.34. The molecule has 4 N–H and O–H groups in total. The second-order valence-corrected chi connectivity index (χ2v) is 6.06. The highest BCUT2D eigenvalue weighted by Crippen LogP contribution is 2.34. The predicted octanol–water partition coefficient (Wildman–Crippen LogP) is 2.00. The first-order chi connectivity index (χ1) is 9.57. The molecule has 0 saturated carbocycles. The number of anilines is 1. The van der Waals surface area contributed by atoms with Crippen molar-refractivity contribution < 1.29 is 21.6 Å². The van der Waals surface area contributed by atoms with Crippen LogP contribution in [0.25, 0.3) is 0 Å². The lowest BCUT2D eigenvalue weighted by molar-refractivity contribution is -0.137. The molecular formula is C11H14F3N3O2S2. The van der Waals surface area contributed by atoms with Crippen molar-refractivity contribution in [2.75, 3.05) is 11.3 Å². The molecule has 0 aliphatic heterocycles. The van der Waals surface area contributed by atoms with Crippen molar-refractivity contribution in [3.05, 3.63) is 29.3 Å². The summed E-state index contributed by atoms with van der Waals surface area (Å²) in [5.74, 6) is 0. The third kappa shape index (κ3) is 5.14. The highest BCUT2D eigenvalue weighted by molar-refractivity contribution is 7.90. The maximum Gasteiger partial charge on any atom is 0.417 e. The maximum atomic E-state index is 12.9. The number of thiocarbonyl (C=S) groups is 1. The van der Waals surface area contributed by atoms with Crippen LogP contribution in [0.5, 0.6) is 0 Å². The fourth-order valence-corrected chi connectivity index (χ4v) is 2.65. The number of hydrogen-bond acceptors (Lipinski definition) is 3. The Kier molecular flexibility index (Phi) is 5.54. The van der Waals surface area contributed by atoms with E-state index in [9.17, 15) is 21.6 Å². The number of nitrogens with two attached hydrogens (primary N) is 1. The van der Waals surface area contributed by atoms with Gasteiger partial charge in [-0.25, -0.2) is 0 Å². The molecule has 0 aliphatic carbocycles. The van der Waals surface area contributed by atoms with Crippen LogP contribution < -0.4 is 15.2 Å². The Balaban J connectivity index is 3.15. The van der Waals surface area contributed by atoms with E-state index in [1.807, 2.05) is 4.72 Å². The lowest BCUT2D eigenvalue weighted by Crippen LogP contribution is -2.30. The summed E-state index contributed by atoms with van der Waals surface area (Å²) >= 11 is 4.56. The van der Waals surface area contributed by atoms with E-state index in [4.69, 9.17) is 5.73 Å². The molecule has 21 heavy (non-hydrogen) atoms. The molecule has 0 aliphatic rings. The van der Waals surface area contributed by atoms with E-state index in [0.717, 1.165) is 12.1 Å². The van der Waals surface area contributed by atoms with E-state index in [0.29, 0.717) is 12.5 Å². The number of halogens is 3. The van der Waals surface area contributed by atoms with Crippen molar-refractivity contribution in [1.82, 2.24) is 4.72 Å². The van der Waals surface area contributed by atoms with Crippen LogP contribution in [-0.2, 0) is 16.4 Å². The molecule has 1 aromatic rings. The molecule has 0 heterocycles. The number of alkyl halides is 3. The van der Waals surface area contributed by atoms with Crippen molar-refractivity contribution >= 4 is 33.1 Å². The molecule has 0 unspecified atom stereocenters. The zero-order valence-electron chi connectivity index (χ0n) is 11.0. The fourth-order valence-electron chi connectivity index (χ4n) is 1.48. The molecule has 118 valence electrons. The van der Waals surface area contributed by atoms with Crippen LogP contribution in [0, 0.1) is 0 Å². The largest absolute Gasteiger partial charge is 0.417 e. The summed E-state index contributed by atoms with van der Waals surface area (Å²) in [7, 11) is -3.92. The lowest BCUT2D eigenvalue weighted by Gasteiger charge is -2.15. The van der Waals surface area contributed by atoms with Crippen molar-refractivity contribution in [3.63, 3.8) is 0 Å². The molecule has 5 nitrogen and oxygen atoms in total. The summed E-state index contributed by atoms with van der Waals surface area (Å²) in [6, 6.07) is 2.84. The molecule has 1 aromatic carbocycles. The molecule has 0 aromatic heterocycles. The minimum absolute atomic E-state index is 0.173. The Morgan fingerprint density at radius 2 is 2.00 bits per heavy atom. The van der Waals surface area contributed by atoms with Crippen molar-refractivity contribution in [2.45, 2.75) is 19.5 Å². The normalized spacial score (nSPS) is 12.2. The topological polar surface area (TPSA) is 84.2 Å². The Bertz CT molecular complexity index is 630. The molecule has 0 fully saturated rings. The van der Waals surface area contributed by atoms with Crippen LogP contribution in [-0.4, -0.2) is 20.0 Å². The van der Waals surface area contributed by atoms with E-state index >= 15 is 0 Å². The first kappa shape index (κ1) is 17.7. The number of hydrogen-bond donors (Lipinski definition) is 3. The Morgan fingerprint density at radius 1 is 1.38 bits per heavy atom. The lowest BCUT2D eigenvalue weighted by atomic mass is 10.1. The van der Waals surface area contributed by atoms with Crippen molar-refractivity contribution in [3.8, 4) is 0 Å². The molecule has 0 radical (unpaired) electrons. The third-order valence-corrected chi connectivity index (χ3v) is 3.69. The molecule has 0 spiro atoms. The van der Waals surface area contributed by atoms with Crippen LogP contribution in [0.4, 0.5) is 18.9 Å². The van der Waals surface area contributed by atoms with Gasteiger partial charge in [-0.2, -0.15) is 26.3 Å². The smallest absolute Gasteiger partial charge is 0.389 e. The van der Waals surface area contributed by atoms with E-state index in [1.165, 1.54) is 0 Å². The summed E-state index contributed by atoms with van der Waals surface area (Å²) in [5, 5.41) is 0. The van der Waals surface area contributed by atoms with E-state index in [1.54, 1.807) is 6.92 Å². The van der Waals surface area contributed by atoms with Crippen molar-refractivity contribution in [1.29, 1.82) is 0 Å². The van der Waals surface area contributed by atoms with Gasteiger partial charge in [-0.05, 0) is 24.6 Å². The average molecular weight is 341 g/mol. The molecule has 0 saturated heterocycles. The van der Waals surface area contributed by atoms with E-state index in [2.05, 4.69) is 16.9 Å². The van der Waals surface area contributed by atoms with Gasteiger partial charge in [0.05, 0.1) is 11.3 Å². The molecule has 1 rings (SSSR count). The zero-order valence-corrected chi connectivity index (χ0v) is 12.6. The number of nitrogens with one attached hydrogen (secondary N) is 2. The summed E-state index contributed by atoms with van der Waals surface area (Å²) in [5.41, 5.74) is 3.55. The van der Waals surface area contributed by atoms with Gasteiger partial charge in [0.15, 0.2) is 0 Å². The van der Waals surface area contributed by atoms with Crippen LogP contribution in [0.3, 0.4) is 0 Å². The van der Waals surface area contributed by atoms with Gasteiger partial charge in [0.25, 0.3) is 10.2 Å². The molecule has 10 heteroatoms. The molecule has 0 bridgehead atoms. The monoisotopic (exact) mass is 341 g/mol. The van der Waals surface area contributed by atoms with Crippen molar-refractivity contribution in [2.24, 2.45) is 5.73 Å².